The van der Waals surface area contributed by atoms with Gasteiger partial charge >= 0.3 is 5.97 Å². The minimum absolute atomic E-state index is 0.165. The van der Waals surface area contributed by atoms with Gasteiger partial charge in [-0.2, -0.15) is 0 Å². The number of carbonyl (C=O) groups excluding carboxylic acids is 1. The molecule has 2 heteroatoms. The average molecular weight is 218 g/mol. The summed E-state index contributed by atoms with van der Waals surface area (Å²) in [6.45, 7) is 3.79. The molecule has 1 aliphatic carbocycles. The van der Waals surface area contributed by atoms with E-state index in [2.05, 4.69) is 29.5 Å². The van der Waals surface area contributed by atoms with E-state index in [-0.39, 0.29) is 5.97 Å². The third kappa shape index (κ3) is 3.89. The van der Waals surface area contributed by atoms with Crippen LogP contribution in [0.25, 0.3) is 0 Å². The topological polar surface area (TPSA) is 26.3 Å². The van der Waals surface area contributed by atoms with E-state index in [1.165, 1.54) is 18.3 Å². The second-order valence-corrected chi connectivity index (χ2v) is 3.62. The van der Waals surface area contributed by atoms with Crippen molar-refractivity contribution >= 4 is 5.97 Å². The van der Waals surface area contributed by atoms with Gasteiger partial charge in [0.1, 0.15) is 0 Å². The molecule has 0 atom stereocenters. The molecule has 0 aromatic carbocycles. The largest absolute Gasteiger partial charge is 0.469 e. The van der Waals surface area contributed by atoms with Crippen molar-refractivity contribution in [2.24, 2.45) is 0 Å². The molecule has 0 fully saturated rings. The molecule has 2 nitrogen and oxygen atoms in total. The summed E-state index contributed by atoms with van der Waals surface area (Å²) in [6, 6.07) is 0. The number of esters is 1. The van der Waals surface area contributed by atoms with Gasteiger partial charge in [-0.3, -0.25) is 4.79 Å². The molecule has 0 amide bonds. The molecule has 0 bridgehead atoms. The lowest BCUT2D eigenvalue weighted by atomic mass is 9.97. The Morgan fingerprint density at radius 3 is 2.75 bits per heavy atom. The van der Waals surface area contributed by atoms with E-state index in [0.29, 0.717) is 12.8 Å². The van der Waals surface area contributed by atoms with E-state index in [1.54, 1.807) is 0 Å². The van der Waals surface area contributed by atoms with Gasteiger partial charge in [0.15, 0.2) is 0 Å². The van der Waals surface area contributed by atoms with Gasteiger partial charge in [0.2, 0.25) is 0 Å². The van der Waals surface area contributed by atoms with Gasteiger partial charge in [-0.15, -0.1) is 0 Å². The van der Waals surface area contributed by atoms with Crippen molar-refractivity contribution < 1.29 is 9.53 Å². The highest BCUT2D eigenvalue weighted by atomic mass is 16.5. The van der Waals surface area contributed by atoms with Crippen LogP contribution in [0.4, 0.5) is 0 Å². The van der Waals surface area contributed by atoms with E-state index in [0.717, 1.165) is 12.8 Å². The molecular formula is C14H18O2. The molecule has 0 aromatic rings. The molecule has 0 saturated carbocycles. The normalized spacial score (nSPS) is 15.6. The quantitative estimate of drug-likeness (QED) is 0.662. The first-order valence-electron chi connectivity index (χ1n) is 5.54. The van der Waals surface area contributed by atoms with Gasteiger partial charge in [0.25, 0.3) is 0 Å². The molecule has 0 unspecified atom stereocenters. The monoisotopic (exact) mass is 218 g/mol. The first kappa shape index (κ1) is 12.5. The van der Waals surface area contributed by atoms with Gasteiger partial charge in [-0.05, 0) is 30.4 Å². The first-order chi connectivity index (χ1) is 7.77. The molecular weight excluding hydrogens is 200 g/mol. The van der Waals surface area contributed by atoms with Gasteiger partial charge < -0.3 is 4.74 Å². The van der Waals surface area contributed by atoms with E-state index < -0.39 is 0 Å². The van der Waals surface area contributed by atoms with Gasteiger partial charge in [0.05, 0.1) is 7.11 Å². The Morgan fingerprint density at radius 1 is 1.44 bits per heavy atom. The fourth-order valence-corrected chi connectivity index (χ4v) is 1.59. The first-order valence-corrected chi connectivity index (χ1v) is 5.54. The number of ether oxygens (including phenoxy) is 1. The average Bonchev–Trinajstić information content (AvgIpc) is 2.34. The molecule has 16 heavy (non-hydrogen) atoms. The summed E-state index contributed by atoms with van der Waals surface area (Å²) < 4.78 is 4.57. The van der Waals surface area contributed by atoms with Crippen molar-refractivity contribution in [2.75, 3.05) is 7.11 Å². The number of carbonyl (C=O) groups is 1. The minimum atomic E-state index is -0.165. The summed E-state index contributed by atoms with van der Waals surface area (Å²) in [4.78, 5) is 10.9. The van der Waals surface area contributed by atoms with Crippen molar-refractivity contribution in [2.45, 2.75) is 25.7 Å². The predicted octanol–water partition coefficient (Wildman–Crippen LogP) is 3.33. The lowest BCUT2D eigenvalue weighted by Crippen LogP contribution is -1.98. The molecule has 0 heterocycles. The van der Waals surface area contributed by atoms with Crippen molar-refractivity contribution in [1.82, 2.24) is 0 Å². The van der Waals surface area contributed by atoms with Crippen LogP contribution in [0.3, 0.4) is 0 Å². The van der Waals surface area contributed by atoms with Crippen molar-refractivity contribution in [3.05, 3.63) is 48.1 Å². The second kappa shape index (κ2) is 6.83. The number of rotatable bonds is 5. The highest BCUT2D eigenvalue weighted by Crippen LogP contribution is 2.20. The van der Waals surface area contributed by atoms with Gasteiger partial charge in [-0.25, -0.2) is 0 Å². The predicted molar refractivity (Wildman–Crippen MR) is 66.0 cm³/mol. The van der Waals surface area contributed by atoms with Crippen LogP contribution in [0.2, 0.25) is 0 Å². The van der Waals surface area contributed by atoms with Crippen molar-refractivity contribution in [3.8, 4) is 0 Å². The summed E-state index contributed by atoms with van der Waals surface area (Å²) in [6.07, 6.45) is 13.6. The second-order valence-electron chi connectivity index (χ2n) is 3.62. The number of allylic oxidation sites excluding steroid dienone is 7. The Labute approximate surface area is 97.0 Å². The summed E-state index contributed by atoms with van der Waals surface area (Å²) >= 11 is 0. The molecule has 1 rings (SSSR count). The fourth-order valence-electron chi connectivity index (χ4n) is 1.59. The third-order valence-corrected chi connectivity index (χ3v) is 2.49. The van der Waals surface area contributed by atoms with Crippen LogP contribution in [-0.2, 0) is 9.53 Å². The third-order valence-electron chi connectivity index (χ3n) is 2.49. The highest BCUT2D eigenvalue weighted by molar-refractivity contribution is 5.69. The maximum Gasteiger partial charge on any atom is 0.305 e. The Morgan fingerprint density at radius 2 is 2.12 bits per heavy atom. The summed E-state index contributed by atoms with van der Waals surface area (Å²) in [5, 5.41) is 0. The zero-order valence-electron chi connectivity index (χ0n) is 9.74. The highest BCUT2D eigenvalue weighted by Gasteiger charge is 2.02. The Bertz CT molecular complexity index is 346. The van der Waals surface area contributed by atoms with Gasteiger partial charge in [0, 0.05) is 6.42 Å². The number of hydrogen-bond donors (Lipinski definition) is 0. The minimum Gasteiger partial charge on any atom is -0.469 e. The summed E-state index contributed by atoms with van der Waals surface area (Å²) in [7, 11) is 1.41. The molecule has 0 aliphatic heterocycles. The number of methoxy groups -OCH3 is 1. The lowest BCUT2D eigenvalue weighted by Gasteiger charge is -2.08. The van der Waals surface area contributed by atoms with E-state index in [9.17, 15) is 4.79 Å². The van der Waals surface area contributed by atoms with Crippen LogP contribution in [0.1, 0.15) is 25.7 Å². The summed E-state index contributed by atoms with van der Waals surface area (Å²) in [5.41, 5.74) is 2.38. The maximum absolute atomic E-state index is 10.9. The molecule has 1 aliphatic rings. The van der Waals surface area contributed by atoms with Crippen LogP contribution >= 0.6 is 0 Å². The standard InChI is InChI=1S/C14H18O2/c1-3-12-8-4-5-9-13(12)10-6-7-11-14(15)16-2/h3,6,8-10H,1,4-5,7,11H2,2H3/b10-6+. The maximum atomic E-state index is 10.9. The van der Waals surface area contributed by atoms with Crippen molar-refractivity contribution in [3.63, 3.8) is 0 Å². The molecule has 0 aromatic heterocycles. The van der Waals surface area contributed by atoms with E-state index in [1.807, 2.05) is 12.2 Å². The molecule has 86 valence electrons. The number of hydrogen-bond acceptors (Lipinski definition) is 2. The Hall–Kier alpha value is -1.57. The van der Waals surface area contributed by atoms with Crippen LogP contribution in [0.5, 0.6) is 0 Å². The fraction of sp³-hybridized carbons (Fsp3) is 0.357. The van der Waals surface area contributed by atoms with Crippen LogP contribution in [0, 0.1) is 0 Å². The zero-order valence-corrected chi connectivity index (χ0v) is 9.74. The Kier molecular flexibility index (Phi) is 5.34. The zero-order chi connectivity index (χ0) is 11.8. The van der Waals surface area contributed by atoms with Crippen LogP contribution in [0.15, 0.2) is 48.1 Å². The van der Waals surface area contributed by atoms with Crippen LogP contribution in [-0.4, -0.2) is 13.1 Å². The van der Waals surface area contributed by atoms with Crippen LogP contribution < -0.4 is 0 Å². The smallest absolute Gasteiger partial charge is 0.305 e. The van der Waals surface area contributed by atoms with Crippen molar-refractivity contribution in [1.29, 1.82) is 0 Å². The molecule has 0 radical (unpaired) electrons. The molecule has 0 saturated heterocycles. The van der Waals surface area contributed by atoms with E-state index >= 15 is 0 Å². The molecule has 0 N–H and O–H groups in total. The summed E-state index contributed by atoms with van der Waals surface area (Å²) in [5.74, 6) is -0.165. The molecule has 0 spiro atoms. The van der Waals surface area contributed by atoms with E-state index in [4.69, 9.17) is 0 Å². The SMILES string of the molecule is C=CC1=CCCC=C1/C=C/CCC(=O)OC. The Balaban J connectivity index is 2.44. The van der Waals surface area contributed by atoms with Gasteiger partial charge in [-0.1, -0.05) is 37.0 Å². The lowest BCUT2D eigenvalue weighted by molar-refractivity contribution is -0.140.